The normalized spacial score (nSPS) is 12.8. The monoisotopic (exact) mass is 237 g/mol. The lowest BCUT2D eigenvalue weighted by atomic mass is 10.1. The first kappa shape index (κ1) is 13.6. The molecule has 1 unspecified atom stereocenters. The fourth-order valence-corrected chi connectivity index (χ4v) is 2.80. The Kier molecular flexibility index (Phi) is 5.93. The van der Waals surface area contributed by atoms with Crippen LogP contribution in [0.1, 0.15) is 37.8 Å². The molecule has 0 aliphatic carbocycles. The lowest BCUT2D eigenvalue weighted by Crippen LogP contribution is -2.17. The number of aryl methyl sites for hydroxylation is 1. The van der Waals surface area contributed by atoms with Gasteiger partial charge in [0.1, 0.15) is 0 Å². The van der Waals surface area contributed by atoms with Gasteiger partial charge in [0.05, 0.1) is 0 Å². The molecule has 0 aliphatic rings. The van der Waals surface area contributed by atoms with Crippen LogP contribution < -0.4 is 5.73 Å². The summed E-state index contributed by atoms with van der Waals surface area (Å²) < 4.78 is 0. The van der Waals surface area contributed by atoms with Gasteiger partial charge in [-0.15, -0.1) is 11.8 Å². The number of unbranched alkanes of at least 4 members (excludes halogenated alkanes) is 1. The quantitative estimate of drug-likeness (QED) is 0.602. The van der Waals surface area contributed by atoms with Gasteiger partial charge in [0.25, 0.3) is 0 Å². The summed E-state index contributed by atoms with van der Waals surface area (Å²) in [6, 6.07) is 6.98. The molecule has 2 heteroatoms. The van der Waals surface area contributed by atoms with E-state index in [1.807, 2.05) is 11.8 Å². The maximum absolute atomic E-state index is 5.81. The number of hydrogen-bond donors (Lipinski definition) is 1. The Labute approximate surface area is 104 Å². The van der Waals surface area contributed by atoms with Crippen molar-refractivity contribution >= 4 is 11.8 Å². The maximum Gasteiger partial charge on any atom is 0.0101 e. The molecule has 0 bridgehead atoms. The third-order valence-electron chi connectivity index (χ3n) is 2.55. The van der Waals surface area contributed by atoms with Gasteiger partial charge < -0.3 is 5.73 Å². The van der Waals surface area contributed by atoms with Gasteiger partial charge in [-0.2, -0.15) is 0 Å². The highest BCUT2D eigenvalue weighted by atomic mass is 32.2. The van der Waals surface area contributed by atoms with Crippen molar-refractivity contribution in [2.45, 2.75) is 51.0 Å². The minimum Gasteiger partial charge on any atom is -0.328 e. The van der Waals surface area contributed by atoms with Gasteiger partial charge in [0.15, 0.2) is 0 Å². The van der Waals surface area contributed by atoms with Gasteiger partial charge in [-0.1, -0.05) is 25.5 Å². The van der Waals surface area contributed by atoms with E-state index in [-0.39, 0.29) is 6.04 Å². The maximum atomic E-state index is 5.81. The lowest BCUT2D eigenvalue weighted by Gasteiger charge is -2.09. The van der Waals surface area contributed by atoms with Crippen LogP contribution in [0, 0.1) is 6.92 Å². The molecule has 0 aromatic heterocycles. The van der Waals surface area contributed by atoms with Crippen LogP contribution >= 0.6 is 11.8 Å². The van der Waals surface area contributed by atoms with Crippen LogP contribution in [0.15, 0.2) is 23.1 Å². The second kappa shape index (κ2) is 6.97. The van der Waals surface area contributed by atoms with E-state index in [2.05, 4.69) is 39.0 Å². The molecule has 0 radical (unpaired) electrons. The van der Waals surface area contributed by atoms with Gasteiger partial charge in [0.2, 0.25) is 0 Å². The van der Waals surface area contributed by atoms with Crippen LogP contribution in [0.4, 0.5) is 0 Å². The zero-order chi connectivity index (χ0) is 12.0. The first-order chi connectivity index (χ1) is 7.63. The van der Waals surface area contributed by atoms with E-state index in [0.29, 0.717) is 0 Å². The first-order valence-corrected chi connectivity index (χ1v) is 7.10. The third-order valence-corrected chi connectivity index (χ3v) is 3.81. The van der Waals surface area contributed by atoms with Crippen molar-refractivity contribution in [1.29, 1.82) is 0 Å². The SMILES string of the molecule is CCCCSc1ccc(CC(C)N)cc1C. The standard InChI is InChI=1S/C14H23NS/c1-4-5-8-16-14-7-6-13(9-11(14)2)10-12(3)15/h6-7,9,12H,4-5,8,10,15H2,1-3H3. The number of nitrogens with two attached hydrogens (primary N) is 1. The predicted molar refractivity (Wildman–Crippen MR) is 74.2 cm³/mol. The summed E-state index contributed by atoms with van der Waals surface area (Å²) in [6.07, 6.45) is 3.54. The summed E-state index contributed by atoms with van der Waals surface area (Å²) in [5.41, 5.74) is 8.55. The van der Waals surface area contributed by atoms with Gasteiger partial charge in [-0.05, 0) is 49.6 Å². The van der Waals surface area contributed by atoms with Crippen molar-refractivity contribution in [3.05, 3.63) is 29.3 Å². The largest absolute Gasteiger partial charge is 0.328 e. The minimum atomic E-state index is 0.248. The Bertz CT molecular complexity index is 321. The van der Waals surface area contributed by atoms with Gasteiger partial charge in [-0.3, -0.25) is 0 Å². The van der Waals surface area contributed by atoms with E-state index >= 15 is 0 Å². The van der Waals surface area contributed by atoms with Crippen LogP contribution in [0.5, 0.6) is 0 Å². The van der Waals surface area contributed by atoms with E-state index in [4.69, 9.17) is 5.73 Å². The fourth-order valence-electron chi connectivity index (χ4n) is 1.70. The molecule has 0 saturated carbocycles. The Morgan fingerprint density at radius 3 is 2.69 bits per heavy atom. The molecule has 0 saturated heterocycles. The average Bonchev–Trinajstić information content (AvgIpc) is 2.20. The van der Waals surface area contributed by atoms with Crippen LogP contribution in [0.2, 0.25) is 0 Å². The number of thioether (sulfide) groups is 1. The zero-order valence-electron chi connectivity index (χ0n) is 10.6. The molecule has 2 N–H and O–H groups in total. The highest BCUT2D eigenvalue weighted by Gasteiger charge is 2.02. The Balaban J connectivity index is 2.60. The van der Waals surface area contributed by atoms with Crippen LogP contribution in [-0.4, -0.2) is 11.8 Å². The summed E-state index contributed by atoms with van der Waals surface area (Å²) in [7, 11) is 0. The summed E-state index contributed by atoms with van der Waals surface area (Å²) in [5.74, 6) is 1.23. The van der Waals surface area contributed by atoms with Crippen molar-refractivity contribution in [3.63, 3.8) is 0 Å². The van der Waals surface area contributed by atoms with Gasteiger partial charge in [-0.25, -0.2) is 0 Å². The lowest BCUT2D eigenvalue weighted by molar-refractivity contribution is 0.737. The number of rotatable bonds is 6. The smallest absolute Gasteiger partial charge is 0.0101 e. The molecule has 1 rings (SSSR count). The van der Waals surface area contributed by atoms with E-state index < -0.39 is 0 Å². The summed E-state index contributed by atoms with van der Waals surface area (Å²) >= 11 is 1.97. The minimum absolute atomic E-state index is 0.248. The predicted octanol–water partition coefficient (Wildman–Crippen LogP) is 3.78. The van der Waals surface area contributed by atoms with Crippen molar-refractivity contribution in [2.75, 3.05) is 5.75 Å². The average molecular weight is 237 g/mol. The molecule has 1 aromatic rings. The summed E-state index contributed by atoms with van der Waals surface area (Å²) in [4.78, 5) is 1.42. The molecule has 90 valence electrons. The second-order valence-corrected chi connectivity index (χ2v) is 5.62. The molecule has 1 atom stereocenters. The Morgan fingerprint density at radius 2 is 2.12 bits per heavy atom. The third kappa shape index (κ3) is 4.58. The van der Waals surface area contributed by atoms with Gasteiger partial charge in [0, 0.05) is 10.9 Å². The summed E-state index contributed by atoms with van der Waals surface area (Å²) in [6.45, 7) is 6.48. The van der Waals surface area contributed by atoms with Crippen LogP contribution in [0.3, 0.4) is 0 Å². The van der Waals surface area contributed by atoms with Crippen molar-refractivity contribution < 1.29 is 0 Å². The van der Waals surface area contributed by atoms with Crippen LogP contribution in [-0.2, 0) is 6.42 Å². The van der Waals surface area contributed by atoms with Crippen molar-refractivity contribution in [3.8, 4) is 0 Å². The van der Waals surface area contributed by atoms with E-state index in [1.54, 1.807) is 0 Å². The van der Waals surface area contributed by atoms with E-state index in [0.717, 1.165) is 6.42 Å². The molecule has 0 aliphatic heterocycles. The van der Waals surface area contributed by atoms with E-state index in [1.165, 1.54) is 34.6 Å². The molecule has 1 nitrogen and oxygen atoms in total. The molecule has 0 amide bonds. The van der Waals surface area contributed by atoms with Crippen LogP contribution in [0.25, 0.3) is 0 Å². The highest BCUT2D eigenvalue weighted by Crippen LogP contribution is 2.24. The Hall–Kier alpha value is -0.470. The topological polar surface area (TPSA) is 26.0 Å². The molecular formula is C14H23NS. The molecule has 0 heterocycles. The number of benzene rings is 1. The summed E-state index contributed by atoms with van der Waals surface area (Å²) in [5, 5.41) is 0. The highest BCUT2D eigenvalue weighted by molar-refractivity contribution is 7.99. The first-order valence-electron chi connectivity index (χ1n) is 6.11. The molecule has 16 heavy (non-hydrogen) atoms. The van der Waals surface area contributed by atoms with E-state index in [9.17, 15) is 0 Å². The van der Waals surface area contributed by atoms with Crippen molar-refractivity contribution in [1.82, 2.24) is 0 Å². The zero-order valence-corrected chi connectivity index (χ0v) is 11.4. The van der Waals surface area contributed by atoms with Gasteiger partial charge >= 0.3 is 0 Å². The second-order valence-electron chi connectivity index (χ2n) is 4.48. The molecule has 0 fully saturated rings. The molecule has 0 spiro atoms. The number of hydrogen-bond acceptors (Lipinski definition) is 2. The molecule has 1 aromatic carbocycles. The van der Waals surface area contributed by atoms with Crippen molar-refractivity contribution in [2.24, 2.45) is 5.73 Å². The Morgan fingerprint density at radius 1 is 1.38 bits per heavy atom. The fraction of sp³-hybridized carbons (Fsp3) is 0.571. The molecular weight excluding hydrogens is 214 g/mol.